The van der Waals surface area contributed by atoms with Crippen molar-refractivity contribution in [3.8, 4) is 0 Å². The van der Waals surface area contributed by atoms with E-state index in [0.717, 1.165) is 38.7 Å². The van der Waals surface area contributed by atoms with Crippen molar-refractivity contribution in [3.05, 3.63) is 68.7 Å². The molecule has 1 unspecified atom stereocenters. The van der Waals surface area contributed by atoms with Crippen LogP contribution in [0, 0.1) is 13.8 Å². The van der Waals surface area contributed by atoms with E-state index >= 15 is 0 Å². The summed E-state index contributed by atoms with van der Waals surface area (Å²) in [7, 11) is 0. The largest absolute Gasteiger partial charge is 0.271 e. The molecule has 2 aromatic rings. The van der Waals surface area contributed by atoms with Gasteiger partial charge in [0.25, 0.3) is 0 Å². The van der Waals surface area contributed by atoms with Gasteiger partial charge in [-0.15, -0.1) is 0 Å². The highest BCUT2D eigenvalue weighted by atomic mass is 35.5. The summed E-state index contributed by atoms with van der Waals surface area (Å²) in [5.74, 6) is 5.70. The third-order valence-electron chi connectivity index (χ3n) is 3.30. The van der Waals surface area contributed by atoms with Gasteiger partial charge in [-0.05, 0) is 60.7 Å². The van der Waals surface area contributed by atoms with E-state index in [1.54, 1.807) is 0 Å². The lowest BCUT2D eigenvalue weighted by Gasteiger charge is -2.18. The van der Waals surface area contributed by atoms with Crippen LogP contribution in [-0.2, 0) is 6.42 Å². The third kappa shape index (κ3) is 3.74. The molecule has 2 rings (SSSR count). The minimum Gasteiger partial charge on any atom is -0.271 e. The smallest absolute Gasteiger partial charge is 0.0501 e. The molecule has 0 aliphatic carbocycles. The lowest BCUT2D eigenvalue weighted by Crippen LogP contribution is -2.29. The molecule has 0 aliphatic rings. The van der Waals surface area contributed by atoms with Crippen LogP contribution in [0.1, 0.15) is 28.3 Å². The van der Waals surface area contributed by atoms with Crippen molar-refractivity contribution in [2.75, 3.05) is 0 Å². The molecule has 0 amide bonds. The number of halogens is 2. The highest BCUT2D eigenvalue weighted by Gasteiger charge is 2.13. The Hall–Kier alpha value is -1.06. The van der Waals surface area contributed by atoms with Gasteiger partial charge in [0, 0.05) is 10.0 Å². The van der Waals surface area contributed by atoms with Crippen molar-refractivity contribution in [3.63, 3.8) is 0 Å². The molecule has 0 aliphatic heterocycles. The summed E-state index contributed by atoms with van der Waals surface area (Å²) in [6.07, 6.45) is 0.718. The number of hydrogen-bond acceptors (Lipinski definition) is 2. The molecule has 0 bridgehead atoms. The van der Waals surface area contributed by atoms with Gasteiger partial charge in [0.1, 0.15) is 0 Å². The van der Waals surface area contributed by atoms with Gasteiger partial charge in [0.15, 0.2) is 0 Å². The molecule has 0 heterocycles. The zero-order valence-corrected chi connectivity index (χ0v) is 13.1. The Morgan fingerprint density at radius 1 is 1.05 bits per heavy atom. The van der Waals surface area contributed by atoms with Crippen LogP contribution in [-0.4, -0.2) is 0 Å². The number of hydrogen-bond donors (Lipinski definition) is 2. The summed E-state index contributed by atoms with van der Waals surface area (Å²) in [4.78, 5) is 0. The summed E-state index contributed by atoms with van der Waals surface area (Å²) in [5.41, 5.74) is 7.24. The van der Waals surface area contributed by atoms with Crippen LogP contribution >= 0.6 is 23.2 Å². The molecule has 4 heteroatoms. The fourth-order valence-electron chi connectivity index (χ4n) is 2.28. The van der Waals surface area contributed by atoms with Gasteiger partial charge < -0.3 is 0 Å². The molecular weight excluding hydrogens is 291 g/mol. The Balaban J connectivity index is 2.28. The van der Waals surface area contributed by atoms with Gasteiger partial charge in [0.2, 0.25) is 0 Å². The maximum atomic E-state index is 6.29. The predicted molar refractivity (Wildman–Crippen MR) is 86.1 cm³/mol. The van der Waals surface area contributed by atoms with Crippen LogP contribution in [0.5, 0.6) is 0 Å². The molecule has 20 heavy (non-hydrogen) atoms. The molecule has 0 saturated carbocycles. The zero-order chi connectivity index (χ0) is 14.7. The second-order valence-corrected chi connectivity index (χ2v) is 5.92. The van der Waals surface area contributed by atoms with E-state index in [-0.39, 0.29) is 6.04 Å². The molecule has 0 saturated heterocycles. The maximum absolute atomic E-state index is 6.29. The number of nitrogens with one attached hydrogen (secondary N) is 1. The second kappa shape index (κ2) is 6.59. The van der Waals surface area contributed by atoms with Crippen molar-refractivity contribution >= 4 is 23.2 Å². The highest BCUT2D eigenvalue weighted by Crippen LogP contribution is 2.26. The van der Waals surface area contributed by atoms with Crippen molar-refractivity contribution in [1.82, 2.24) is 5.43 Å². The number of hydrazine groups is 1. The number of benzene rings is 2. The lowest BCUT2D eigenvalue weighted by atomic mass is 9.97. The summed E-state index contributed by atoms with van der Waals surface area (Å²) in [6.45, 7) is 4.04. The predicted octanol–water partition coefficient (Wildman–Crippen LogP) is 4.36. The van der Waals surface area contributed by atoms with E-state index in [0.29, 0.717) is 0 Å². The standard InChI is InChI=1S/C16H18Cl2N2/c1-10-3-4-12(15(18)7-10)9-16(20-19)13-5-11(2)6-14(17)8-13/h3-8,16,20H,9,19H2,1-2H3. The third-order valence-corrected chi connectivity index (χ3v) is 3.87. The Labute approximate surface area is 129 Å². The molecule has 0 aromatic heterocycles. The van der Waals surface area contributed by atoms with Crippen molar-refractivity contribution in [1.29, 1.82) is 0 Å². The minimum absolute atomic E-state index is 0.0207. The highest BCUT2D eigenvalue weighted by molar-refractivity contribution is 6.31. The van der Waals surface area contributed by atoms with Crippen molar-refractivity contribution < 1.29 is 0 Å². The average Bonchev–Trinajstić information content (AvgIpc) is 2.36. The lowest BCUT2D eigenvalue weighted by molar-refractivity contribution is 0.552. The number of nitrogens with two attached hydrogens (primary N) is 1. The number of aryl methyl sites for hydroxylation is 2. The van der Waals surface area contributed by atoms with Gasteiger partial charge >= 0.3 is 0 Å². The topological polar surface area (TPSA) is 38.0 Å². The molecule has 106 valence electrons. The van der Waals surface area contributed by atoms with Crippen LogP contribution in [0.3, 0.4) is 0 Å². The van der Waals surface area contributed by atoms with E-state index in [2.05, 4.69) is 17.6 Å². The maximum Gasteiger partial charge on any atom is 0.0501 e. The Morgan fingerprint density at radius 2 is 1.80 bits per heavy atom. The second-order valence-electron chi connectivity index (χ2n) is 5.08. The van der Waals surface area contributed by atoms with Crippen LogP contribution in [0.15, 0.2) is 36.4 Å². The van der Waals surface area contributed by atoms with Gasteiger partial charge in [-0.1, -0.05) is 41.4 Å². The van der Waals surface area contributed by atoms with E-state index in [1.807, 2.05) is 38.1 Å². The first-order valence-corrected chi connectivity index (χ1v) is 7.23. The molecule has 1 atom stereocenters. The van der Waals surface area contributed by atoms with Crippen molar-refractivity contribution in [2.45, 2.75) is 26.3 Å². The van der Waals surface area contributed by atoms with E-state index < -0.39 is 0 Å². The van der Waals surface area contributed by atoms with E-state index in [9.17, 15) is 0 Å². The first-order valence-electron chi connectivity index (χ1n) is 6.48. The van der Waals surface area contributed by atoms with Gasteiger partial charge in [-0.3, -0.25) is 11.3 Å². The Bertz CT molecular complexity index is 591. The monoisotopic (exact) mass is 308 g/mol. The van der Waals surface area contributed by atoms with Gasteiger partial charge in [0.05, 0.1) is 6.04 Å². The molecule has 3 N–H and O–H groups in total. The van der Waals surface area contributed by atoms with Crippen molar-refractivity contribution in [2.24, 2.45) is 5.84 Å². The fourth-order valence-corrected chi connectivity index (χ4v) is 2.89. The normalized spacial score (nSPS) is 12.4. The quantitative estimate of drug-likeness (QED) is 0.650. The fraction of sp³-hybridized carbons (Fsp3) is 0.250. The minimum atomic E-state index is -0.0207. The molecule has 2 nitrogen and oxygen atoms in total. The van der Waals surface area contributed by atoms with E-state index in [4.69, 9.17) is 29.0 Å². The Morgan fingerprint density at radius 3 is 2.40 bits per heavy atom. The SMILES string of the molecule is Cc1cc(Cl)cc(C(Cc2ccc(C)cc2Cl)NN)c1. The molecule has 0 fully saturated rings. The van der Waals surface area contributed by atoms with Gasteiger partial charge in [-0.25, -0.2) is 0 Å². The van der Waals surface area contributed by atoms with Crippen LogP contribution in [0.4, 0.5) is 0 Å². The first kappa shape index (κ1) is 15.3. The first-order chi connectivity index (χ1) is 9.49. The molecular formula is C16H18Cl2N2. The van der Waals surface area contributed by atoms with E-state index in [1.165, 1.54) is 0 Å². The van der Waals surface area contributed by atoms with Crippen LogP contribution in [0.2, 0.25) is 10.0 Å². The summed E-state index contributed by atoms with van der Waals surface area (Å²) >= 11 is 12.4. The molecule has 2 aromatic carbocycles. The zero-order valence-electron chi connectivity index (χ0n) is 11.6. The van der Waals surface area contributed by atoms with Gasteiger partial charge in [-0.2, -0.15) is 0 Å². The summed E-state index contributed by atoms with van der Waals surface area (Å²) < 4.78 is 0. The molecule has 0 radical (unpaired) electrons. The number of rotatable bonds is 4. The summed E-state index contributed by atoms with van der Waals surface area (Å²) in [6, 6.07) is 12.0. The average molecular weight is 309 g/mol. The summed E-state index contributed by atoms with van der Waals surface area (Å²) in [5, 5.41) is 1.49. The Kier molecular flexibility index (Phi) is 5.06. The van der Waals surface area contributed by atoms with Crippen LogP contribution < -0.4 is 11.3 Å². The molecule has 0 spiro atoms. The van der Waals surface area contributed by atoms with Crippen LogP contribution in [0.25, 0.3) is 0 Å².